The Kier molecular flexibility index (Phi) is 6.85. The van der Waals surface area contributed by atoms with Gasteiger partial charge in [-0.25, -0.2) is 0 Å². The van der Waals surface area contributed by atoms with Crippen molar-refractivity contribution in [1.29, 1.82) is 0 Å². The Balaban J connectivity index is 1.94. The van der Waals surface area contributed by atoms with Crippen molar-refractivity contribution >= 4 is 11.8 Å². The first-order valence-corrected chi connectivity index (χ1v) is 9.97. The van der Waals surface area contributed by atoms with Gasteiger partial charge in [0.1, 0.15) is 6.10 Å². The van der Waals surface area contributed by atoms with E-state index in [1.807, 2.05) is 46.4 Å². The molecule has 158 valence electrons. The Morgan fingerprint density at radius 1 is 1.21 bits per heavy atom. The zero-order chi connectivity index (χ0) is 21.1. The molecule has 0 aromatic carbocycles. The van der Waals surface area contributed by atoms with Crippen LogP contribution in [0.2, 0.25) is 0 Å². The highest BCUT2D eigenvalue weighted by Gasteiger charge is 2.42. The first-order chi connectivity index (χ1) is 12.9. The van der Waals surface area contributed by atoms with E-state index in [4.69, 9.17) is 4.74 Å². The second-order valence-electron chi connectivity index (χ2n) is 9.79. The minimum atomic E-state index is -0.526. The van der Waals surface area contributed by atoms with Crippen LogP contribution in [0, 0.1) is 11.3 Å². The smallest absolute Gasteiger partial charge is 0.252 e. The van der Waals surface area contributed by atoms with Gasteiger partial charge in [0.25, 0.3) is 5.91 Å². The Bertz CT molecular complexity index is 660. The highest BCUT2D eigenvalue weighted by molar-refractivity contribution is 5.82. The highest BCUT2D eigenvalue weighted by Crippen LogP contribution is 2.30. The predicted octanol–water partition coefficient (Wildman–Crippen LogP) is 1.86. The highest BCUT2D eigenvalue weighted by atomic mass is 16.5. The lowest BCUT2D eigenvalue weighted by molar-refractivity contribution is -0.164. The van der Waals surface area contributed by atoms with Crippen LogP contribution < -0.4 is 5.32 Å². The lowest BCUT2D eigenvalue weighted by Gasteiger charge is -2.37. The number of rotatable bonds is 6. The minimum Gasteiger partial charge on any atom is -0.362 e. The maximum atomic E-state index is 13.2. The number of aryl methyl sites for hydroxylation is 1. The molecule has 1 aliphatic rings. The van der Waals surface area contributed by atoms with E-state index in [0.29, 0.717) is 26.1 Å². The third-order valence-electron chi connectivity index (χ3n) is 4.79. The van der Waals surface area contributed by atoms with Crippen molar-refractivity contribution in [2.75, 3.05) is 13.1 Å². The molecule has 1 saturated heterocycles. The molecule has 3 atom stereocenters. The monoisotopic (exact) mass is 393 g/mol. The Hall–Kier alpha value is -1.96. The predicted molar refractivity (Wildman–Crippen MR) is 106 cm³/mol. The van der Waals surface area contributed by atoms with Gasteiger partial charge in [-0.2, -0.15) is 0 Å². The number of nitrogens with zero attached hydrogens (tertiary/aromatic N) is 4. The van der Waals surface area contributed by atoms with E-state index in [1.54, 1.807) is 17.1 Å². The third-order valence-corrected chi connectivity index (χ3v) is 4.79. The van der Waals surface area contributed by atoms with Crippen molar-refractivity contribution < 1.29 is 14.3 Å². The van der Waals surface area contributed by atoms with Gasteiger partial charge >= 0.3 is 0 Å². The average molecular weight is 394 g/mol. The van der Waals surface area contributed by atoms with Gasteiger partial charge in [0.15, 0.2) is 0 Å². The van der Waals surface area contributed by atoms with Crippen LogP contribution >= 0.6 is 0 Å². The van der Waals surface area contributed by atoms with E-state index in [2.05, 4.69) is 22.6 Å². The largest absolute Gasteiger partial charge is 0.362 e. The molecule has 1 fully saturated rings. The van der Waals surface area contributed by atoms with Crippen LogP contribution in [0.15, 0.2) is 12.4 Å². The fourth-order valence-corrected chi connectivity index (χ4v) is 3.30. The van der Waals surface area contributed by atoms with Gasteiger partial charge in [0.05, 0.1) is 24.4 Å². The normalized spacial score (nSPS) is 21.6. The van der Waals surface area contributed by atoms with Gasteiger partial charge in [-0.1, -0.05) is 32.9 Å². The van der Waals surface area contributed by atoms with Gasteiger partial charge in [-0.3, -0.25) is 14.3 Å². The summed E-state index contributed by atoms with van der Waals surface area (Å²) < 4.78 is 7.74. The topological polar surface area (TPSA) is 89.4 Å². The molecule has 0 radical (unpaired) electrons. The molecule has 0 spiro atoms. The molecule has 28 heavy (non-hydrogen) atoms. The molecule has 1 aliphatic heterocycles. The molecule has 8 heteroatoms. The Morgan fingerprint density at radius 3 is 2.43 bits per heavy atom. The van der Waals surface area contributed by atoms with Crippen LogP contribution in [0.5, 0.6) is 0 Å². The fourth-order valence-electron chi connectivity index (χ4n) is 3.30. The van der Waals surface area contributed by atoms with Crippen molar-refractivity contribution in [2.24, 2.45) is 11.3 Å². The standard InChI is InChI=1S/C20H35N5O3/c1-14-12-24(18(27)17(19(2,3)4)28-20(5,6)7)13-15(14)22-16(26)8-10-25-11-9-21-23-25/h9,11,14-15,17H,8,10,12-13H2,1-7H3,(H,22,26)/t14-,15+,17?/m0/s1. The molecule has 0 bridgehead atoms. The molecule has 2 amide bonds. The van der Waals surface area contributed by atoms with E-state index < -0.39 is 11.7 Å². The number of ether oxygens (including phenoxy) is 1. The molecule has 0 saturated carbocycles. The lowest BCUT2D eigenvalue weighted by Crippen LogP contribution is -2.49. The van der Waals surface area contributed by atoms with Crippen molar-refractivity contribution in [1.82, 2.24) is 25.2 Å². The summed E-state index contributed by atoms with van der Waals surface area (Å²) in [4.78, 5) is 27.3. The van der Waals surface area contributed by atoms with Crippen LogP contribution in [-0.2, 0) is 20.9 Å². The third kappa shape index (κ3) is 6.29. The number of aromatic nitrogens is 3. The summed E-state index contributed by atoms with van der Waals surface area (Å²) in [5, 5.41) is 10.7. The number of likely N-dealkylation sites (tertiary alicyclic amines) is 1. The number of hydrogen-bond donors (Lipinski definition) is 1. The first kappa shape index (κ1) is 22.3. The summed E-state index contributed by atoms with van der Waals surface area (Å²) in [7, 11) is 0. The maximum Gasteiger partial charge on any atom is 0.252 e. The van der Waals surface area contributed by atoms with Gasteiger partial charge in [0, 0.05) is 25.7 Å². The first-order valence-electron chi connectivity index (χ1n) is 9.97. The molecule has 2 heterocycles. The van der Waals surface area contributed by atoms with Crippen molar-refractivity contribution in [3.63, 3.8) is 0 Å². The molecular weight excluding hydrogens is 358 g/mol. The van der Waals surface area contributed by atoms with Crippen molar-refractivity contribution in [3.05, 3.63) is 12.4 Å². The molecule has 8 nitrogen and oxygen atoms in total. The fraction of sp³-hybridized carbons (Fsp3) is 0.800. The summed E-state index contributed by atoms with van der Waals surface area (Å²) >= 11 is 0. The summed E-state index contributed by atoms with van der Waals surface area (Å²) in [5.41, 5.74) is -0.722. The van der Waals surface area contributed by atoms with Crippen LogP contribution in [0.1, 0.15) is 54.9 Å². The van der Waals surface area contributed by atoms with E-state index in [-0.39, 0.29) is 29.2 Å². The number of hydrogen-bond acceptors (Lipinski definition) is 5. The summed E-state index contributed by atoms with van der Waals surface area (Å²) in [6.07, 6.45) is 3.12. The summed E-state index contributed by atoms with van der Waals surface area (Å²) in [6, 6.07) is -0.0533. The van der Waals surface area contributed by atoms with Gasteiger partial charge in [-0.05, 0) is 32.1 Å². The molecule has 1 N–H and O–H groups in total. The second kappa shape index (κ2) is 8.59. The number of carbonyl (C=O) groups excluding carboxylic acids is 2. The van der Waals surface area contributed by atoms with Crippen LogP contribution in [0.25, 0.3) is 0 Å². The number of carbonyl (C=O) groups is 2. The molecule has 0 aliphatic carbocycles. The van der Waals surface area contributed by atoms with Gasteiger partial charge in [-0.15, -0.1) is 5.10 Å². The van der Waals surface area contributed by atoms with E-state index in [9.17, 15) is 9.59 Å². The Labute approximate surface area is 168 Å². The summed E-state index contributed by atoms with van der Waals surface area (Å²) in [6.45, 7) is 15.6. The molecular formula is C20H35N5O3. The SMILES string of the molecule is C[C@H]1CN(C(=O)C(OC(C)(C)C)C(C)(C)C)C[C@H]1NC(=O)CCn1ccnn1. The number of nitrogens with one attached hydrogen (secondary N) is 1. The van der Waals surface area contributed by atoms with Crippen LogP contribution in [0.3, 0.4) is 0 Å². The zero-order valence-electron chi connectivity index (χ0n) is 18.2. The van der Waals surface area contributed by atoms with Gasteiger partial charge < -0.3 is 15.0 Å². The molecule has 1 unspecified atom stereocenters. The zero-order valence-corrected chi connectivity index (χ0v) is 18.2. The summed E-state index contributed by atoms with van der Waals surface area (Å²) in [5.74, 6) is 0.142. The second-order valence-corrected chi connectivity index (χ2v) is 9.79. The van der Waals surface area contributed by atoms with Crippen LogP contribution in [0.4, 0.5) is 0 Å². The maximum absolute atomic E-state index is 13.2. The van der Waals surface area contributed by atoms with E-state index in [0.717, 1.165) is 0 Å². The average Bonchev–Trinajstić information content (AvgIpc) is 3.19. The van der Waals surface area contributed by atoms with Crippen LogP contribution in [-0.4, -0.2) is 62.5 Å². The van der Waals surface area contributed by atoms with Crippen molar-refractivity contribution in [3.8, 4) is 0 Å². The Morgan fingerprint density at radius 2 is 1.89 bits per heavy atom. The van der Waals surface area contributed by atoms with Gasteiger partial charge in [0.2, 0.25) is 5.91 Å². The quantitative estimate of drug-likeness (QED) is 0.797. The molecule has 1 aromatic heterocycles. The molecule has 1 aromatic rings. The number of amides is 2. The minimum absolute atomic E-state index is 0.00589. The lowest BCUT2D eigenvalue weighted by atomic mass is 9.87. The van der Waals surface area contributed by atoms with Crippen molar-refractivity contribution in [2.45, 2.75) is 79.2 Å². The molecule has 2 rings (SSSR count). The van der Waals surface area contributed by atoms with E-state index >= 15 is 0 Å². The van der Waals surface area contributed by atoms with E-state index in [1.165, 1.54) is 0 Å².